The fourth-order valence-electron chi connectivity index (χ4n) is 1.23. The van der Waals surface area contributed by atoms with Crippen LogP contribution < -0.4 is 10.5 Å². The fraction of sp³-hybridized carbons (Fsp3) is 0.400. The first-order valence-corrected chi connectivity index (χ1v) is 4.37. The molecular formula is C10H15NO3. The van der Waals surface area contributed by atoms with Gasteiger partial charge < -0.3 is 20.7 Å². The van der Waals surface area contributed by atoms with Gasteiger partial charge in [-0.15, -0.1) is 0 Å². The van der Waals surface area contributed by atoms with E-state index in [9.17, 15) is 10.2 Å². The molecule has 0 heterocycles. The van der Waals surface area contributed by atoms with Crippen molar-refractivity contribution < 1.29 is 14.9 Å². The molecule has 0 saturated carbocycles. The molecule has 1 aromatic rings. The molecule has 78 valence electrons. The molecule has 2 atom stereocenters. The molecule has 0 aromatic heterocycles. The van der Waals surface area contributed by atoms with Crippen molar-refractivity contribution in [3.8, 4) is 11.5 Å². The molecule has 0 saturated heterocycles. The molecule has 0 unspecified atom stereocenters. The lowest BCUT2D eigenvalue weighted by Gasteiger charge is -2.17. The van der Waals surface area contributed by atoms with Crippen molar-refractivity contribution in [3.05, 3.63) is 23.8 Å². The Hall–Kier alpha value is -1.26. The summed E-state index contributed by atoms with van der Waals surface area (Å²) in [6.07, 6.45) is -0.884. The largest absolute Gasteiger partial charge is 0.504 e. The zero-order valence-corrected chi connectivity index (χ0v) is 8.27. The number of ether oxygens (including phenoxy) is 1. The molecule has 0 bridgehead atoms. The number of hydrogen-bond acceptors (Lipinski definition) is 4. The fourth-order valence-corrected chi connectivity index (χ4v) is 1.23. The van der Waals surface area contributed by atoms with Crippen molar-refractivity contribution >= 4 is 0 Å². The average molecular weight is 197 g/mol. The van der Waals surface area contributed by atoms with Crippen LogP contribution in [0.25, 0.3) is 0 Å². The maximum absolute atomic E-state index is 9.67. The lowest BCUT2D eigenvalue weighted by Crippen LogP contribution is -2.24. The average Bonchev–Trinajstić information content (AvgIpc) is 2.17. The van der Waals surface area contributed by atoms with Crippen LogP contribution in [0.5, 0.6) is 11.5 Å². The molecule has 4 nitrogen and oxygen atoms in total. The van der Waals surface area contributed by atoms with Gasteiger partial charge in [0.15, 0.2) is 11.5 Å². The van der Waals surface area contributed by atoms with Crippen molar-refractivity contribution in [1.29, 1.82) is 0 Å². The minimum Gasteiger partial charge on any atom is -0.504 e. The van der Waals surface area contributed by atoms with Gasteiger partial charge in [0.25, 0.3) is 0 Å². The molecule has 4 heteroatoms. The molecule has 14 heavy (non-hydrogen) atoms. The van der Waals surface area contributed by atoms with Gasteiger partial charge in [0.05, 0.1) is 13.2 Å². The number of benzene rings is 1. The van der Waals surface area contributed by atoms with Crippen molar-refractivity contribution in [3.63, 3.8) is 0 Å². The Morgan fingerprint density at radius 3 is 2.57 bits per heavy atom. The van der Waals surface area contributed by atoms with Gasteiger partial charge >= 0.3 is 0 Å². The highest BCUT2D eigenvalue weighted by Gasteiger charge is 2.18. The Morgan fingerprint density at radius 1 is 1.43 bits per heavy atom. The quantitative estimate of drug-likeness (QED) is 0.669. The van der Waals surface area contributed by atoms with Crippen LogP contribution in [0.2, 0.25) is 0 Å². The van der Waals surface area contributed by atoms with E-state index in [2.05, 4.69) is 0 Å². The van der Waals surface area contributed by atoms with Crippen molar-refractivity contribution in [1.82, 2.24) is 0 Å². The number of phenols is 1. The Labute approximate surface area is 82.9 Å². The van der Waals surface area contributed by atoms with Crippen LogP contribution in [0.1, 0.15) is 18.6 Å². The zero-order chi connectivity index (χ0) is 10.7. The second-order valence-electron chi connectivity index (χ2n) is 3.20. The van der Waals surface area contributed by atoms with Crippen molar-refractivity contribution in [2.75, 3.05) is 7.11 Å². The van der Waals surface area contributed by atoms with E-state index in [4.69, 9.17) is 10.5 Å². The van der Waals surface area contributed by atoms with Crippen molar-refractivity contribution in [2.24, 2.45) is 5.73 Å². The van der Waals surface area contributed by atoms with E-state index in [1.165, 1.54) is 7.11 Å². The minimum absolute atomic E-state index is 0.0557. The van der Waals surface area contributed by atoms with E-state index in [-0.39, 0.29) is 5.75 Å². The van der Waals surface area contributed by atoms with Gasteiger partial charge in [-0.05, 0) is 13.0 Å². The third-order valence-corrected chi connectivity index (χ3v) is 2.07. The number of para-hydroxylation sites is 1. The van der Waals surface area contributed by atoms with Crippen LogP contribution in [0.4, 0.5) is 0 Å². The van der Waals surface area contributed by atoms with Gasteiger partial charge in [0.1, 0.15) is 0 Å². The molecule has 0 amide bonds. The molecule has 0 aliphatic heterocycles. The van der Waals surface area contributed by atoms with Crippen LogP contribution in [0.15, 0.2) is 18.2 Å². The Balaban J connectivity index is 3.09. The molecular weight excluding hydrogens is 182 g/mol. The maximum atomic E-state index is 9.67. The van der Waals surface area contributed by atoms with Crippen LogP contribution in [0, 0.1) is 0 Å². The summed E-state index contributed by atoms with van der Waals surface area (Å²) in [6.45, 7) is 1.67. The van der Waals surface area contributed by atoms with Gasteiger partial charge in [-0.1, -0.05) is 12.1 Å². The molecule has 0 aliphatic carbocycles. The summed E-state index contributed by atoms with van der Waals surface area (Å²) in [5, 5.41) is 19.3. The van der Waals surface area contributed by atoms with Crippen LogP contribution in [0.3, 0.4) is 0 Å². The minimum atomic E-state index is -0.884. The van der Waals surface area contributed by atoms with Crippen LogP contribution in [-0.4, -0.2) is 23.4 Å². The van der Waals surface area contributed by atoms with Crippen LogP contribution >= 0.6 is 0 Å². The number of hydrogen-bond donors (Lipinski definition) is 3. The molecule has 4 N–H and O–H groups in total. The smallest absolute Gasteiger partial charge is 0.163 e. The van der Waals surface area contributed by atoms with Crippen molar-refractivity contribution in [2.45, 2.75) is 19.1 Å². The van der Waals surface area contributed by atoms with Gasteiger partial charge in [0, 0.05) is 11.6 Å². The lowest BCUT2D eigenvalue weighted by molar-refractivity contribution is 0.149. The summed E-state index contributed by atoms with van der Waals surface area (Å²) in [5.74, 6) is 0.280. The normalized spacial score (nSPS) is 14.9. The lowest BCUT2D eigenvalue weighted by atomic mass is 10.0. The molecule has 0 fully saturated rings. The number of phenolic OH excluding ortho intramolecular Hbond substituents is 1. The van der Waals surface area contributed by atoms with E-state index in [0.29, 0.717) is 11.3 Å². The molecule has 0 radical (unpaired) electrons. The number of nitrogens with two attached hydrogens (primary N) is 1. The Bertz CT molecular complexity index is 312. The number of aliphatic hydroxyl groups excluding tert-OH is 1. The highest BCUT2D eigenvalue weighted by molar-refractivity contribution is 5.46. The first-order chi connectivity index (χ1) is 6.57. The van der Waals surface area contributed by atoms with E-state index >= 15 is 0 Å². The second kappa shape index (κ2) is 4.30. The van der Waals surface area contributed by atoms with Crippen LogP contribution in [-0.2, 0) is 0 Å². The SMILES string of the molecule is COc1cccc([C@@H](O)[C@H](C)N)c1O. The maximum Gasteiger partial charge on any atom is 0.163 e. The van der Waals surface area contributed by atoms with E-state index < -0.39 is 12.1 Å². The molecule has 1 rings (SSSR count). The second-order valence-corrected chi connectivity index (χ2v) is 3.20. The summed E-state index contributed by atoms with van der Waals surface area (Å²) in [4.78, 5) is 0. The molecule has 0 aliphatic rings. The number of rotatable bonds is 3. The van der Waals surface area contributed by atoms with Gasteiger partial charge in [0.2, 0.25) is 0 Å². The Morgan fingerprint density at radius 2 is 2.07 bits per heavy atom. The van der Waals surface area contributed by atoms with E-state index in [0.717, 1.165) is 0 Å². The summed E-state index contributed by atoms with van der Waals surface area (Å²) in [6, 6.07) is 4.49. The van der Waals surface area contributed by atoms with E-state index in [1.807, 2.05) is 0 Å². The predicted octanol–water partition coefficient (Wildman–Crippen LogP) is 0.781. The monoisotopic (exact) mass is 197 g/mol. The number of methoxy groups -OCH3 is 1. The first kappa shape index (κ1) is 10.8. The van der Waals surface area contributed by atoms with Gasteiger partial charge in [-0.3, -0.25) is 0 Å². The zero-order valence-electron chi connectivity index (χ0n) is 8.27. The summed E-state index contributed by atoms with van der Waals surface area (Å²) in [7, 11) is 1.46. The topological polar surface area (TPSA) is 75.7 Å². The standard InChI is InChI=1S/C10H15NO3/c1-6(11)9(12)7-4-3-5-8(14-2)10(7)13/h3-6,9,12-13H,11H2,1-2H3/t6-,9-/m0/s1. The summed E-state index contributed by atoms with van der Waals surface area (Å²) < 4.78 is 4.91. The highest BCUT2D eigenvalue weighted by Crippen LogP contribution is 2.34. The number of aromatic hydroxyl groups is 1. The molecule has 1 aromatic carbocycles. The van der Waals surface area contributed by atoms with Gasteiger partial charge in [-0.2, -0.15) is 0 Å². The highest BCUT2D eigenvalue weighted by atomic mass is 16.5. The molecule has 0 spiro atoms. The summed E-state index contributed by atoms with van der Waals surface area (Å²) >= 11 is 0. The third kappa shape index (κ3) is 1.97. The van der Waals surface area contributed by atoms with E-state index in [1.54, 1.807) is 25.1 Å². The first-order valence-electron chi connectivity index (χ1n) is 4.37. The third-order valence-electron chi connectivity index (χ3n) is 2.07. The van der Waals surface area contributed by atoms with Gasteiger partial charge in [-0.25, -0.2) is 0 Å². The Kier molecular flexibility index (Phi) is 3.33. The summed E-state index contributed by atoms with van der Waals surface area (Å²) in [5.41, 5.74) is 5.91. The predicted molar refractivity (Wildman–Crippen MR) is 53.3 cm³/mol. The number of aliphatic hydroxyl groups is 1.